The molecule has 1 N–H and O–H groups in total. The first kappa shape index (κ1) is 15.2. The van der Waals surface area contributed by atoms with Gasteiger partial charge in [-0.15, -0.1) is 0 Å². The Morgan fingerprint density at radius 2 is 1.74 bits per heavy atom. The van der Waals surface area contributed by atoms with Gasteiger partial charge in [-0.1, -0.05) is 0 Å². The van der Waals surface area contributed by atoms with Crippen molar-refractivity contribution in [2.75, 3.05) is 11.8 Å². The molecule has 0 aliphatic carbocycles. The SMILES string of the molecule is COc1ccc(S(=O)(=O)Nc2ccc3nccnc3c2)cc1C. The number of nitrogens with one attached hydrogen (secondary N) is 1. The van der Waals surface area contributed by atoms with E-state index in [4.69, 9.17) is 4.74 Å². The smallest absolute Gasteiger partial charge is 0.261 e. The lowest BCUT2D eigenvalue weighted by Crippen LogP contribution is -2.13. The van der Waals surface area contributed by atoms with Gasteiger partial charge < -0.3 is 4.74 Å². The van der Waals surface area contributed by atoms with Crippen molar-refractivity contribution in [1.29, 1.82) is 0 Å². The summed E-state index contributed by atoms with van der Waals surface area (Å²) in [7, 11) is -2.14. The van der Waals surface area contributed by atoms with Gasteiger partial charge >= 0.3 is 0 Å². The lowest BCUT2D eigenvalue weighted by molar-refractivity contribution is 0.411. The normalized spacial score (nSPS) is 11.4. The molecule has 1 aromatic heterocycles. The molecular formula is C16H15N3O3S. The molecule has 2 aromatic carbocycles. The molecule has 6 nitrogen and oxygen atoms in total. The standard InChI is InChI=1S/C16H15N3O3S/c1-11-9-13(4-6-16(11)22-2)23(20,21)19-12-3-5-14-15(10-12)18-8-7-17-14/h3-10,19H,1-2H3. The lowest BCUT2D eigenvalue weighted by atomic mass is 10.2. The summed E-state index contributed by atoms with van der Waals surface area (Å²) in [6.45, 7) is 1.80. The molecule has 23 heavy (non-hydrogen) atoms. The van der Waals surface area contributed by atoms with Gasteiger partial charge in [-0.05, 0) is 48.9 Å². The first-order valence-corrected chi connectivity index (χ1v) is 8.36. The first-order chi connectivity index (χ1) is 11.0. The van der Waals surface area contributed by atoms with Gasteiger partial charge in [0.25, 0.3) is 10.0 Å². The van der Waals surface area contributed by atoms with Crippen LogP contribution in [0.3, 0.4) is 0 Å². The van der Waals surface area contributed by atoms with Gasteiger partial charge in [-0.2, -0.15) is 0 Å². The van der Waals surface area contributed by atoms with E-state index in [-0.39, 0.29) is 4.90 Å². The molecule has 0 saturated carbocycles. The van der Waals surface area contributed by atoms with Gasteiger partial charge in [-0.3, -0.25) is 14.7 Å². The summed E-state index contributed by atoms with van der Waals surface area (Å²) >= 11 is 0. The van der Waals surface area contributed by atoms with Gasteiger partial charge in [0.1, 0.15) is 5.75 Å². The van der Waals surface area contributed by atoms with Crippen molar-refractivity contribution < 1.29 is 13.2 Å². The van der Waals surface area contributed by atoms with E-state index in [1.807, 2.05) is 0 Å². The van der Waals surface area contributed by atoms with Crippen molar-refractivity contribution in [1.82, 2.24) is 9.97 Å². The van der Waals surface area contributed by atoms with Crippen LogP contribution in [0.15, 0.2) is 53.7 Å². The van der Waals surface area contributed by atoms with Crippen LogP contribution in [0.1, 0.15) is 5.56 Å². The summed E-state index contributed by atoms with van der Waals surface area (Å²) in [5.41, 5.74) is 2.51. The van der Waals surface area contributed by atoms with Crippen LogP contribution in [0.5, 0.6) is 5.75 Å². The Bertz CT molecular complexity index is 971. The van der Waals surface area contributed by atoms with Crippen LogP contribution < -0.4 is 9.46 Å². The van der Waals surface area contributed by atoms with E-state index in [1.54, 1.807) is 56.8 Å². The molecule has 0 fully saturated rings. The van der Waals surface area contributed by atoms with Gasteiger partial charge in [-0.25, -0.2) is 8.42 Å². The van der Waals surface area contributed by atoms with Crippen LogP contribution >= 0.6 is 0 Å². The molecule has 0 radical (unpaired) electrons. The molecule has 0 aliphatic rings. The van der Waals surface area contributed by atoms with Crippen molar-refractivity contribution in [2.45, 2.75) is 11.8 Å². The first-order valence-electron chi connectivity index (χ1n) is 6.88. The molecule has 1 heterocycles. The maximum atomic E-state index is 12.5. The zero-order chi connectivity index (χ0) is 16.4. The lowest BCUT2D eigenvalue weighted by Gasteiger charge is -2.11. The summed E-state index contributed by atoms with van der Waals surface area (Å²) < 4.78 is 32.7. The monoisotopic (exact) mass is 329 g/mol. The number of nitrogens with zero attached hydrogens (tertiary/aromatic N) is 2. The van der Waals surface area contributed by atoms with E-state index >= 15 is 0 Å². The van der Waals surface area contributed by atoms with Crippen LogP contribution in [0.4, 0.5) is 5.69 Å². The summed E-state index contributed by atoms with van der Waals surface area (Å²) in [6, 6.07) is 9.74. The largest absolute Gasteiger partial charge is 0.496 e. The highest BCUT2D eigenvalue weighted by molar-refractivity contribution is 7.92. The van der Waals surface area contributed by atoms with Crippen molar-refractivity contribution in [3.05, 3.63) is 54.4 Å². The maximum absolute atomic E-state index is 12.5. The Kier molecular flexibility index (Phi) is 3.87. The highest BCUT2D eigenvalue weighted by Crippen LogP contribution is 2.24. The number of aromatic nitrogens is 2. The van der Waals surface area contributed by atoms with E-state index in [2.05, 4.69) is 14.7 Å². The van der Waals surface area contributed by atoms with Crippen LogP contribution in [0, 0.1) is 6.92 Å². The zero-order valence-corrected chi connectivity index (χ0v) is 13.5. The molecule has 0 unspecified atom stereocenters. The Hall–Kier alpha value is -2.67. The Morgan fingerprint density at radius 3 is 2.43 bits per heavy atom. The van der Waals surface area contributed by atoms with Crippen molar-refractivity contribution in [3.63, 3.8) is 0 Å². The predicted octanol–water partition coefficient (Wildman–Crippen LogP) is 2.75. The number of anilines is 1. The molecule has 3 rings (SSSR count). The number of ether oxygens (including phenoxy) is 1. The Morgan fingerprint density at radius 1 is 1.00 bits per heavy atom. The van der Waals surface area contributed by atoms with Gasteiger partial charge in [0.2, 0.25) is 0 Å². The molecule has 0 amide bonds. The van der Waals surface area contributed by atoms with Gasteiger partial charge in [0.15, 0.2) is 0 Å². The van der Waals surface area contributed by atoms with Crippen LogP contribution in [-0.4, -0.2) is 25.5 Å². The summed E-state index contributed by atoms with van der Waals surface area (Å²) in [5.74, 6) is 0.643. The maximum Gasteiger partial charge on any atom is 0.261 e. The molecule has 0 aliphatic heterocycles. The van der Waals surface area contributed by atoms with Crippen LogP contribution in [0.2, 0.25) is 0 Å². The van der Waals surface area contributed by atoms with Crippen molar-refractivity contribution in [3.8, 4) is 5.75 Å². The quantitative estimate of drug-likeness (QED) is 0.796. The van der Waals surface area contributed by atoms with E-state index in [0.717, 1.165) is 5.56 Å². The van der Waals surface area contributed by atoms with Crippen LogP contribution in [0.25, 0.3) is 11.0 Å². The van der Waals surface area contributed by atoms with Gasteiger partial charge in [0.05, 0.1) is 28.7 Å². The molecule has 0 bridgehead atoms. The molecule has 118 valence electrons. The fraction of sp³-hybridized carbons (Fsp3) is 0.125. The predicted molar refractivity (Wildman–Crippen MR) is 88.1 cm³/mol. The molecule has 0 spiro atoms. The van der Waals surface area contributed by atoms with Crippen molar-refractivity contribution in [2.24, 2.45) is 0 Å². The average Bonchev–Trinajstić information content (AvgIpc) is 2.54. The molecule has 7 heteroatoms. The number of rotatable bonds is 4. The third kappa shape index (κ3) is 3.09. The summed E-state index contributed by atoms with van der Waals surface area (Å²) in [4.78, 5) is 8.50. The fourth-order valence-corrected chi connectivity index (χ4v) is 3.39. The van der Waals surface area contributed by atoms with E-state index in [1.165, 1.54) is 6.07 Å². The number of aryl methyl sites for hydroxylation is 1. The number of hydrogen-bond acceptors (Lipinski definition) is 5. The van der Waals surface area contributed by atoms with Crippen LogP contribution in [-0.2, 0) is 10.0 Å². The number of methoxy groups -OCH3 is 1. The zero-order valence-electron chi connectivity index (χ0n) is 12.6. The minimum absolute atomic E-state index is 0.176. The Labute approximate surface area is 134 Å². The van der Waals surface area contributed by atoms with E-state index < -0.39 is 10.0 Å². The van der Waals surface area contributed by atoms with E-state index in [0.29, 0.717) is 22.5 Å². The van der Waals surface area contributed by atoms with E-state index in [9.17, 15) is 8.42 Å². The number of hydrogen-bond donors (Lipinski definition) is 1. The number of benzene rings is 2. The summed E-state index contributed by atoms with van der Waals surface area (Å²) in [6.07, 6.45) is 3.15. The molecule has 0 saturated heterocycles. The van der Waals surface area contributed by atoms with Gasteiger partial charge in [0, 0.05) is 12.4 Å². The average molecular weight is 329 g/mol. The highest BCUT2D eigenvalue weighted by Gasteiger charge is 2.16. The number of fused-ring (bicyclic) bond motifs is 1. The second kappa shape index (κ2) is 5.85. The third-order valence-electron chi connectivity index (χ3n) is 3.40. The summed E-state index contributed by atoms with van der Waals surface area (Å²) in [5, 5.41) is 0. The molecule has 3 aromatic rings. The second-order valence-corrected chi connectivity index (χ2v) is 6.68. The highest BCUT2D eigenvalue weighted by atomic mass is 32.2. The minimum Gasteiger partial charge on any atom is -0.496 e. The topological polar surface area (TPSA) is 81.2 Å². The number of sulfonamides is 1. The molecule has 0 atom stereocenters. The second-order valence-electron chi connectivity index (χ2n) is 5.00. The fourth-order valence-electron chi connectivity index (χ4n) is 2.26. The Balaban J connectivity index is 1.94. The molecular weight excluding hydrogens is 314 g/mol. The third-order valence-corrected chi connectivity index (χ3v) is 4.78. The minimum atomic E-state index is -3.68. The van der Waals surface area contributed by atoms with Crippen molar-refractivity contribution >= 4 is 26.7 Å².